The van der Waals surface area contributed by atoms with Gasteiger partial charge in [-0.2, -0.15) is 0 Å². The molecule has 0 aliphatic rings. The number of aliphatic carboxylic acids is 1. The molecule has 0 aromatic carbocycles. The highest BCUT2D eigenvalue weighted by molar-refractivity contribution is 5.79. The Kier molecular flexibility index (Phi) is 5.37. The van der Waals surface area contributed by atoms with Crippen molar-refractivity contribution in [1.29, 1.82) is 0 Å². The first-order valence-electron chi connectivity index (χ1n) is 5.14. The lowest BCUT2D eigenvalue weighted by atomic mass is 9.83. The zero-order chi connectivity index (χ0) is 12.8. The second kappa shape index (κ2) is 5.79. The molecule has 0 radical (unpaired) electrons. The molecule has 0 amide bonds. The van der Waals surface area contributed by atoms with Crippen LogP contribution in [0.5, 0.6) is 0 Å². The molecule has 5 heteroatoms. The Morgan fingerprint density at radius 3 is 1.88 bits per heavy atom. The molecule has 0 fully saturated rings. The molecule has 0 spiro atoms. The number of nitrogens with two attached hydrogens (primary N) is 3. The maximum atomic E-state index is 11.1. The van der Waals surface area contributed by atoms with E-state index in [-0.39, 0.29) is 0 Å². The van der Waals surface area contributed by atoms with Crippen LogP contribution in [-0.2, 0) is 4.79 Å². The van der Waals surface area contributed by atoms with E-state index in [1.165, 1.54) is 12.2 Å². The summed E-state index contributed by atoms with van der Waals surface area (Å²) in [5.74, 6) is -2.13. The molecule has 92 valence electrons. The minimum atomic E-state index is -1.19. The van der Waals surface area contributed by atoms with Crippen molar-refractivity contribution in [1.82, 2.24) is 0 Å². The summed E-state index contributed by atoms with van der Waals surface area (Å²) in [6, 6.07) is 0. The topological polar surface area (TPSA) is 115 Å². The van der Waals surface area contributed by atoms with Crippen LogP contribution in [0.15, 0.2) is 25.3 Å². The molecule has 5 nitrogen and oxygen atoms in total. The molecule has 0 saturated carbocycles. The van der Waals surface area contributed by atoms with E-state index in [0.29, 0.717) is 25.7 Å². The molecule has 0 bridgehead atoms. The molecular weight excluding hydrogens is 206 g/mol. The lowest BCUT2D eigenvalue weighted by Gasteiger charge is -2.23. The molecular formula is C11H21N3O2. The fourth-order valence-corrected chi connectivity index (χ4v) is 1.42. The van der Waals surface area contributed by atoms with Gasteiger partial charge in [0.05, 0.1) is 0 Å². The lowest BCUT2D eigenvalue weighted by molar-refractivity contribution is -0.143. The number of unbranched alkanes of at least 4 members (excludes halogenated alkanes) is 1. The van der Waals surface area contributed by atoms with Gasteiger partial charge < -0.3 is 22.3 Å². The number of carboxylic acid groups (broad SMARTS) is 1. The summed E-state index contributed by atoms with van der Waals surface area (Å²) in [5, 5.41) is 9.07. The van der Waals surface area contributed by atoms with Crippen LogP contribution >= 0.6 is 0 Å². The third kappa shape index (κ3) is 4.57. The Bertz CT molecular complexity index is 261. The van der Waals surface area contributed by atoms with Gasteiger partial charge in [0.15, 0.2) is 0 Å². The quantitative estimate of drug-likeness (QED) is 0.274. The maximum absolute atomic E-state index is 11.1. The molecule has 0 aliphatic carbocycles. The standard InChI is InChI=1S/C11H21N3O2/c1-3-10(4-2,9(15)16)7-5-6-8-11(12,13)14/h3-4H,1-2,5-8,12-14H2,(H,15,16). The van der Waals surface area contributed by atoms with Crippen LogP contribution < -0.4 is 17.2 Å². The molecule has 0 atom stereocenters. The van der Waals surface area contributed by atoms with Crippen molar-refractivity contribution in [2.75, 3.05) is 0 Å². The van der Waals surface area contributed by atoms with Gasteiger partial charge in [-0.1, -0.05) is 18.6 Å². The molecule has 0 unspecified atom stereocenters. The van der Waals surface area contributed by atoms with Crippen LogP contribution in [0.4, 0.5) is 0 Å². The van der Waals surface area contributed by atoms with E-state index in [2.05, 4.69) is 13.2 Å². The Labute approximate surface area is 96.0 Å². The van der Waals surface area contributed by atoms with E-state index in [1.54, 1.807) is 0 Å². The van der Waals surface area contributed by atoms with E-state index in [0.717, 1.165) is 0 Å². The van der Waals surface area contributed by atoms with Crippen molar-refractivity contribution >= 4 is 5.97 Å². The predicted molar refractivity (Wildman–Crippen MR) is 64.2 cm³/mol. The Balaban J connectivity index is 4.20. The third-order valence-corrected chi connectivity index (χ3v) is 2.58. The van der Waals surface area contributed by atoms with Gasteiger partial charge in [-0.15, -0.1) is 13.2 Å². The van der Waals surface area contributed by atoms with Crippen molar-refractivity contribution in [3.8, 4) is 0 Å². The van der Waals surface area contributed by atoms with Crippen LogP contribution in [0.1, 0.15) is 25.7 Å². The Morgan fingerprint density at radius 2 is 1.56 bits per heavy atom. The normalized spacial score (nSPS) is 12.2. The maximum Gasteiger partial charge on any atom is 0.317 e. The van der Waals surface area contributed by atoms with Gasteiger partial charge in [0.1, 0.15) is 11.2 Å². The highest BCUT2D eigenvalue weighted by Crippen LogP contribution is 2.28. The SMILES string of the molecule is C=CC(C=C)(CCCCC(N)(N)N)C(=O)O. The molecule has 7 N–H and O–H groups in total. The largest absolute Gasteiger partial charge is 0.480 e. The minimum absolute atomic E-state index is 0.422. The summed E-state index contributed by atoms with van der Waals surface area (Å²) in [5.41, 5.74) is 15.2. The van der Waals surface area contributed by atoms with Crippen molar-refractivity contribution in [2.24, 2.45) is 22.6 Å². The predicted octanol–water partition coefficient (Wildman–Crippen LogP) is 0.520. The first-order chi connectivity index (χ1) is 7.27. The molecule has 0 rings (SSSR count). The monoisotopic (exact) mass is 227 g/mol. The van der Waals surface area contributed by atoms with Gasteiger partial charge in [-0.05, 0) is 19.3 Å². The smallest absolute Gasteiger partial charge is 0.317 e. The number of carboxylic acids is 1. The second-order valence-corrected chi connectivity index (χ2v) is 4.07. The van der Waals surface area contributed by atoms with Gasteiger partial charge in [0, 0.05) is 0 Å². The summed E-state index contributed by atoms with van der Waals surface area (Å²) in [6.07, 6.45) is 4.96. The summed E-state index contributed by atoms with van der Waals surface area (Å²) < 4.78 is 0. The summed E-state index contributed by atoms with van der Waals surface area (Å²) in [7, 11) is 0. The summed E-state index contributed by atoms with van der Waals surface area (Å²) in [6.45, 7) is 7.05. The van der Waals surface area contributed by atoms with Gasteiger partial charge in [0.2, 0.25) is 0 Å². The zero-order valence-corrected chi connectivity index (χ0v) is 9.48. The number of hydrogen-bond acceptors (Lipinski definition) is 4. The highest BCUT2D eigenvalue weighted by atomic mass is 16.4. The fourth-order valence-electron chi connectivity index (χ4n) is 1.42. The second-order valence-electron chi connectivity index (χ2n) is 4.07. The van der Waals surface area contributed by atoms with E-state index in [9.17, 15) is 4.79 Å². The third-order valence-electron chi connectivity index (χ3n) is 2.58. The van der Waals surface area contributed by atoms with Gasteiger partial charge in [0.25, 0.3) is 0 Å². The van der Waals surface area contributed by atoms with E-state index in [4.69, 9.17) is 22.3 Å². The average Bonchev–Trinajstić information content (AvgIpc) is 2.17. The van der Waals surface area contributed by atoms with Crippen molar-refractivity contribution in [3.05, 3.63) is 25.3 Å². The first kappa shape index (κ1) is 14.8. The average molecular weight is 227 g/mol. The number of carbonyl (C=O) groups is 1. The minimum Gasteiger partial charge on any atom is -0.480 e. The van der Waals surface area contributed by atoms with Crippen molar-refractivity contribution in [3.63, 3.8) is 0 Å². The molecule has 0 saturated heterocycles. The fraction of sp³-hybridized carbons (Fsp3) is 0.545. The molecule has 0 aromatic rings. The number of rotatable bonds is 8. The zero-order valence-electron chi connectivity index (χ0n) is 9.48. The van der Waals surface area contributed by atoms with Gasteiger partial charge >= 0.3 is 5.97 Å². The molecule has 16 heavy (non-hydrogen) atoms. The van der Waals surface area contributed by atoms with Crippen LogP contribution in [0.3, 0.4) is 0 Å². The van der Waals surface area contributed by atoms with Crippen LogP contribution in [0.25, 0.3) is 0 Å². The Morgan fingerprint density at radius 1 is 1.12 bits per heavy atom. The van der Waals surface area contributed by atoms with E-state index >= 15 is 0 Å². The summed E-state index contributed by atoms with van der Waals surface area (Å²) >= 11 is 0. The Hall–Kier alpha value is -1.17. The molecule has 0 aromatic heterocycles. The van der Waals surface area contributed by atoms with Crippen LogP contribution in [0, 0.1) is 5.41 Å². The van der Waals surface area contributed by atoms with E-state index in [1.807, 2.05) is 0 Å². The number of hydrogen-bond donors (Lipinski definition) is 4. The van der Waals surface area contributed by atoms with Gasteiger partial charge in [-0.25, -0.2) is 0 Å². The molecule has 0 heterocycles. The van der Waals surface area contributed by atoms with Crippen molar-refractivity contribution < 1.29 is 9.90 Å². The van der Waals surface area contributed by atoms with Gasteiger partial charge in [-0.3, -0.25) is 4.79 Å². The summed E-state index contributed by atoms with van der Waals surface area (Å²) in [4.78, 5) is 11.1. The van der Waals surface area contributed by atoms with Crippen LogP contribution in [0.2, 0.25) is 0 Å². The highest BCUT2D eigenvalue weighted by Gasteiger charge is 2.31. The van der Waals surface area contributed by atoms with Crippen molar-refractivity contribution in [2.45, 2.75) is 31.5 Å². The molecule has 0 aliphatic heterocycles. The lowest BCUT2D eigenvalue weighted by Crippen LogP contribution is -2.57. The van der Waals surface area contributed by atoms with Crippen LogP contribution in [-0.4, -0.2) is 16.9 Å². The first-order valence-corrected chi connectivity index (χ1v) is 5.14. The van der Waals surface area contributed by atoms with E-state index < -0.39 is 17.2 Å².